The molecule has 0 spiro atoms. The van der Waals surface area contributed by atoms with Crippen LogP contribution in [0.4, 0.5) is 0 Å². The second kappa shape index (κ2) is 15.6. The summed E-state index contributed by atoms with van der Waals surface area (Å²) in [7, 11) is 1.70. The molecule has 4 N–H and O–H groups in total. The van der Waals surface area contributed by atoms with Crippen LogP contribution in [0.15, 0.2) is 36.4 Å². The molecule has 1 aliphatic heterocycles. The van der Waals surface area contributed by atoms with Crippen molar-refractivity contribution in [3.8, 4) is 39.9 Å². The molecule has 7 heteroatoms. The number of phenolic OH excluding ortho intramolecular Hbond substituents is 2. The van der Waals surface area contributed by atoms with Crippen molar-refractivity contribution in [1.29, 1.82) is 0 Å². The van der Waals surface area contributed by atoms with Gasteiger partial charge in [-0.05, 0) is 134 Å². The van der Waals surface area contributed by atoms with Gasteiger partial charge in [0.15, 0.2) is 11.5 Å². The van der Waals surface area contributed by atoms with Gasteiger partial charge in [-0.3, -0.25) is 0 Å². The Kier molecular flexibility index (Phi) is 11.3. The molecule has 1 saturated carbocycles. The third kappa shape index (κ3) is 7.68. The number of phenols is 2. The molecule has 2 aliphatic carbocycles. The second-order valence-corrected chi connectivity index (χ2v) is 15.1. The summed E-state index contributed by atoms with van der Waals surface area (Å²) >= 11 is 0. The van der Waals surface area contributed by atoms with Crippen molar-refractivity contribution < 1.29 is 34.6 Å². The van der Waals surface area contributed by atoms with Crippen molar-refractivity contribution in [2.75, 3.05) is 13.7 Å². The number of benzene rings is 3. The number of aliphatic hydroxyl groups is 2. The molecule has 6 rings (SSSR count). The van der Waals surface area contributed by atoms with Gasteiger partial charge in [0.2, 0.25) is 0 Å². The summed E-state index contributed by atoms with van der Waals surface area (Å²) in [6, 6.07) is 11.4. The van der Waals surface area contributed by atoms with Crippen LogP contribution in [0.5, 0.6) is 28.7 Å². The maximum Gasteiger partial charge on any atom is 0.161 e. The van der Waals surface area contributed by atoms with Gasteiger partial charge in [-0.1, -0.05) is 39.7 Å². The summed E-state index contributed by atoms with van der Waals surface area (Å²) in [5, 5.41) is 43.0. The van der Waals surface area contributed by atoms with Crippen LogP contribution in [-0.2, 0) is 19.3 Å². The Morgan fingerprint density at radius 1 is 0.939 bits per heavy atom. The molecule has 3 aromatic carbocycles. The Morgan fingerprint density at radius 3 is 2.45 bits per heavy atom. The van der Waals surface area contributed by atoms with Crippen molar-refractivity contribution >= 4 is 0 Å². The average Bonchev–Trinajstić information content (AvgIpc) is 3.09. The summed E-state index contributed by atoms with van der Waals surface area (Å²) in [6.07, 6.45) is 10.9. The molecule has 4 atom stereocenters. The number of hydrogen-bond acceptors (Lipinski definition) is 7. The predicted octanol–water partition coefficient (Wildman–Crippen LogP) is 8.94. The lowest BCUT2D eigenvalue weighted by Crippen LogP contribution is -2.32. The highest BCUT2D eigenvalue weighted by atomic mass is 16.5. The molecule has 3 aromatic rings. The number of methoxy groups -OCH3 is 1. The molecule has 0 saturated heterocycles. The zero-order valence-corrected chi connectivity index (χ0v) is 29.8. The van der Waals surface area contributed by atoms with Gasteiger partial charge in [-0.25, -0.2) is 0 Å². The van der Waals surface area contributed by atoms with Gasteiger partial charge in [0, 0.05) is 30.2 Å². The number of aliphatic hydroxyl groups excluding tert-OH is 2. The van der Waals surface area contributed by atoms with Crippen molar-refractivity contribution in [2.24, 2.45) is 11.8 Å². The number of hydrogen-bond donors (Lipinski definition) is 4. The fourth-order valence-corrected chi connectivity index (χ4v) is 8.55. The van der Waals surface area contributed by atoms with Gasteiger partial charge in [0.05, 0.1) is 19.3 Å². The standard InChI is InChI=1S/C42H56O7/c1-5-26(10-9-17-43)13-14-27-19-29-21-35(45)30(18-25(2)3)20-32(29)41-39(47-4)24-37-33(40(27)41)23-36(46)42(49-37)28-15-16-34(44)38(22-28)48-31-11-7-6-8-12-31/h15-16,20-22,24-27,31,36,42-46H,5-14,17-19,23H2,1-4H3. The van der Waals surface area contributed by atoms with Crippen molar-refractivity contribution in [3.05, 3.63) is 64.2 Å². The van der Waals surface area contributed by atoms with E-state index in [4.69, 9.17) is 14.2 Å². The van der Waals surface area contributed by atoms with Gasteiger partial charge in [-0.15, -0.1) is 0 Å². The van der Waals surface area contributed by atoms with Gasteiger partial charge < -0.3 is 34.6 Å². The lowest BCUT2D eigenvalue weighted by Gasteiger charge is -2.38. The van der Waals surface area contributed by atoms with Gasteiger partial charge in [0.25, 0.3) is 0 Å². The smallest absolute Gasteiger partial charge is 0.161 e. The summed E-state index contributed by atoms with van der Waals surface area (Å²) in [6.45, 7) is 6.76. The maximum atomic E-state index is 11.8. The summed E-state index contributed by atoms with van der Waals surface area (Å²) in [5.74, 6) is 3.41. The van der Waals surface area contributed by atoms with E-state index in [0.717, 1.165) is 116 Å². The molecule has 7 nitrogen and oxygen atoms in total. The fourth-order valence-electron chi connectivity index (χ4n) is 8.55. The van der Waals surface area contributed by atoms with Crippen LogP contribution in [0.2, 0.25) is 0 Å². The Bertz CT molecular complexity index is 1590. The minimum absolute atomic E-state index is 0.0855. The second-order valence-electron chi connectivity index (χ2n) is 15.1. The van der Waals surface area contributed by atoms with Crippen molar-refractivity contribution in [3.63, 3.8) is 0 Å². The summed E-state index contributed by atoms with van der Waals surface area (Å²) < 4.78 is 19.1. The molecule has 49 heavy (non-hydrogen) atoms. The number of rotatable bonds is 13. The van der Waals surface area contributed by atoms with Crippen LogP contribution in [0.3, 0.4) is 0 Å². The quantitative estimate of drug-likeness (QED) is 0.144. The number of ether oxygens (including phenoxy) is 3. The van der Waals surface area contributed by atoms with E-state index in [-0.39, 0.29) is 24.4 Å². The van der Waals surface area contributed by atoms with Crippen LogP contribution in [0, 0.1) is 11.8 Å². The van der Waals surface area contributed by atoms with Crippen molar-refractivity contribution in [1.82, 2.24) is 0 Å². The van der Waals surface area contributed by atoms with E-state index in [9.17, 15) is 20.4 Å². The predicted molar refractivity (Wildman–Crippen MR) is 193 cm³/mol. The lowest BCUT2D eigenvalue weighted by atomic mass is 9.71. The Labute approximate surface area is 292 Å². The first-order valence-corrected chi connectivity index (χ1v) is 18.7. The molecule has 0 radical (unpaired) electrons. The van der Waals surface area contributed by atoms with Crippen LogP contribution < -0.4 is 14.2 Å². The van der Waals surface area contributed by atoms with Crippen LogP contribution in [-0.4, -0.2) is 46.4 Å². The maximum absolute atomic E-state index is 11.8. The van der Waals surface area contributed by atoms with E-state index in [1.165, 1.54) is 12.0 Å². The topological polar surface area (TPSA) is 109 Å². The monoisotopic (exact) mass is 672 g/mol. The first-order chi connectivity index (χ1) is 23.7. The molecule has 266 valence electrons. The number of fused-ring (bicyclic) bond motifs is 5. The van der Waals surface area contributed by atoms with E-state index in [0.29, 0.717) is 29.8 Å². The summed E-state index contributed by atoms with van der Waals surface area (Å²) in [4.78, 5) is 0. The van der Waals surface area contributed by atoms with Crippen LogP contribution >= 0.6 is 0 Å². The van der Waals surface area contributed by atoms with E-state index in [1.807, 2.05) is 24.3 Å². The van der Waals surface area contributed by atoms with Crippen LogP contribution in [0.25, 0.3) is 11.1 Å². The third-order valence-electron chi connectivity index (χ3n) is 11.1. The molecular weight excluding hydrogens is 616 g/mol. The SMILES string of the molecule is CCC(CCCO)CCC1Cc2cc(O)c(CC(C)C)cc2-c2c(OC)cc3c(c21)CC(O)C(c1ccc(O)c(OC2CCCCC2)c1)O3. The third-order valence-corrected chi connectivity index (χ3v) is 11.1. The van der Waals surface area contributed by atoms with E-state index >= 15 is 0 Å². The highest BCUT2D eigenvalue weighted by Crippen LogP contribution is 2.54. The molecular formula is C42H56O7. The average molecular weight is 673 g/mol. The minimum atomic E-state index is -0.802. The minimum Gasteiger partial charge on any atom is -0.508 e. The molecule has 1 heterocycles. The Morgan fingerprint density at radius 2 is 1.73 bits per heavy atom. The first-order valence-electron chi connectivity index (χ1n) is 18.7. The largest absolute Gasteiger partial charge is 0.508 e. The highest BCUT2D eigenvalue weighted by Gasteiger charge is 2.38. The lowest BCUT2D eigenvalue weighted by molar-refractivity contribution is 0.0199. The first kappa shape index (κ1) is 35.4. The van der Waals surface area contributed by atoms with Crippen LogP contribution in [0.1, 0.15) is 125 Å². The molecule has 3 aliphatic rings. The summed E-state index contributed by atoms with van der Waals surface area (Å²) in [5.41, 5.74) is 7.16. The Hall–Kier alpha value is -3.42. The van der Waals surface area contributed by atoms with Gasteiger partial charge >= 0.3 is 0 Å². The molecule has 4 unspecified atom stereocenters. The molecule has 0 bridgehead atoms. The fraction of sp³-hybridized carbons (Fsp3) is 0.571. The van der Waals surface area contributed by atoms with E-state index in [2.05, 4.69) is 26.8 Å². The molecule has 0 aromatic heterocycles. The number of aromatic hydroxyl groups is 2. The van der Waals surface area contributed by atoms with Gasteiger partial charge in [-0.2, -0.15) is 0 Å². The highest BCUT2D eigenvalue weighted by molar-refractivity contribution is 5.83. The zero-order valence-electron chi connectivity index (χ0n) is 29.8. The molecule has 1 fully saturated rings. The van der Waals surface area contributed by atoms with E-state index in [1.54, 1.807) is 13.2 Å². The molecule has 0 amide bonds. The zero-order chi connectivity index (χ0) is 34.7. The normalized spacial score (nSPS) is 21.0. The van der Waals surface area contributed by atoms with E-state index < -0.39 is 12.2 Å². The Balaban J connectivity index is 1.40. The van der Waals surface area contributed by atoms with Crippen molar-refractivity contribution in [2.45, 2.75) is 128 Å². The van der Waals surface area contributed by atoms with Gasteiger partial charge in [0.1, 0.15) is 23.4 Å².